The Balaban J connectivity index is 1.85. The molecule has 130 valence electrons. The van der Waals surface area contributed by atoms with Crippen molar-refractivity contribution in [3.63, 3.8) is 0 Å². The average Bonchev–Trinajstić information content (AvgIpc) is 2.97. The zero-order valence-corrected chi connectivity index (χ0v) is 13.4. The fraction of sp³-hybridized carbons (Fsp3) is 0.188. The van der Waals surface area contributed by atoms with Crippen LogP contribution in [0.4, 0.5) is 24.7 Å². The third-order valence-corrected chi connectivity index (χ3v) is 3.51. The third kappa shape index (κ3) is 3.54. The van der Waals surface area contributed by atoms with E-state index in [9.17, 15) is 18.0 Å². The summed E-state index contributed by atoms with van der Waals surface area (Å²) in [5.74, 6) is -0.826. The summed E-state index contributed by atoms with van der Waals surface area (Å²) in [7, 11) is 3.76. The Bertz CT molecular complexity index is 933. The summed E-state index contributed by atoms with van der Waals surface area (Å²) in [6.07, 6.45) is -0.216. The fourth-order valence-electron chi connectivity index (χ4n) is 2.21. The van der Waals surface area contributed by atoms with Crippen LogP contribution in [-0.2, 0) is 6.18 Å². The highest BCUT2D eigenvalue weighted by molar-refractivity contribution is 6.02. The lowest BCUT2D eigenvalue weighted by Gasteiger charge is -2.11. The van der Waals surface area contributed by atoms with Crippen LogP contribution in [0.1, 0.15) is 16.1 Å². The van der Waals surface area contributed by atoms with Gasteiger partial charge in [-0.25, -0.2) is 9.97 Å². The Hall–Kier alpha value is -3.10. The molecule has 1 amide bonds. The molecule has 0 bridgehead atoms. The molecule has 3 heterocycles. The SMILES string of the molecule is CN(C)c1ccc2nc(C(=O)Nc3cc(C(F)(F)F)ccn3)cn2c1. The number of halogens is 3. The number of carbonyl (C=O) groups excluding carboxylic acids is 1. The predicted molar refractivity (Wildman–Crippen MR) is 86.7 cm³/mol. The highest BCUT2D eigenvalue weighted by Gasteiger charge is 2.30. The normalized spacial score (nSPS) is 11.6. The van der Waals surface area contributed by atoms with Crippen LogP contribution in [0.15, 0.2) is 42.9 Å². The Morgan fingerprint density at radius 3 is 2.64 bits per heavy atom. The van der Waals surface area contributed by atoms with Gasteiger partial charge in [-0.05, 0) is 24.3 Å². The number of amides is 1. The molecule has 0 unspecified atom stereocenters. The zero-order chi connectivity index (χ0) is 18.2. The van der Waals surface area contributed by atoms with Crippen LogP contribution >= 0.6 is 0 Å². The molecule has 6 nitrogen and oxygen atoms in total. The first-order valence-corrected chi connectivity index (χ1v) is 7.25. The number of hydrogen-bond acceptors (Lipinski definition) is 4. The molecule has 0 atom stereocenters. The summed E-state index contributed by atoms with van der Waals surface area (Å²) in [6, 6.07) is 5.20. The van der Waals surface area contributed by atoms with Gasteiger partial charge in [-0.15, -0.1) is 0 Å². The van der Waals surface area contributed by atoms with E-state index >= 15 is 0 Å². The molecule has 0 saturated heterocycles. The van der Waals surface area contributed by atoms with E-state index in [4.69, 9.17) is 0 Å². The molecule has 9 heteroatoms. The van der Waals surface area contributed by atoms with Crippen LogP contribution in [0.5, 0.6) is 0 Å². The van der Waals surface area contributed by atoms with E-state index in [0.717, 1.165) is 24.0 Å². The second-order valence-electron chi connectivity index (χ2n) is 5.55. The molecular formula is C16H14F3N5O. The molecule has 0 saturated carbocycles. The van der Waals surface area contributed by atoms with Crippen molar-refractivity contribution in [2.24, 2.45) is 0 Å². The van der Waals surface area contributed by atoms with E-state index in [2.05, 4.69) is 15.3 Å². The summed E-state index contributed by atoms with van der Waals surface area (Å²) in [6.45, 7) is 0. The number of carbonyl (C=O) groups is 1. The van der Waals surface area contributed by atoms with Gasteiger partial charge >= 0.3 is 6.18 Å². The maximum absolute atomic E-state index is 12.7. The number of imidazole rings is 1. The lowest BCUT2D eigenvalue weighted by atomic mass is 10.2. The van der Waals surface area contributed by atoms with Gasteiger partial charge in [0.2, 0.25) is 0 Å². The van der Waals surface area contributed by atoms with Crippen LogP contribution in [0.3, 0.4) is 0 Å². The minimum absolute atomic E-state index is 0.0788. The minimum atomic E-state index is -4.51. The van der Waals surface area contributed by atoms with Gasteiger partial charge in [0.25, 0.3) is 5.91 Å². The second-order valence-corrected chi connectivity index (χ2v) is 5.55. The molecule has 0 aliphatic heterocycles. The summed E-state index contributed by atoms with van der Waals surface area (Å²) >= 11 is 0. The van der Waals surface area contributed by atoms with Gasteiger partial charge in [-0.3, -0.25) is 4.79 Å². The van der Waals surface area contributed by atoms with Crippen molar-refractivity contribution >= 4 is 23.1 Å². The van der Waals surface area contributed by atoms with Gasteiger partial charge in [-0.2, -0.15) is 13.2 Å². The average molecular weight is 349 g/mol. The Labute approximate surface area is 140 Å². The highest BCUT2D eigenvalue weighted by Crippen LogP contribution is 2.30. The van der Waals surface area contributed by atoms with E-state index in [1.165, 1.54) is 6.20 Å². The largest absolute Gasteiger partial charge is 0.416 e. The van der Waals surface area contributed by atoms with Crippen molar-refractivity contribution in [1.29, 1.82) is 0 Å². The van der Waals surface area contributed by atoms with Crippen LogP contribution in [0.25, 0.3) is 5.65 Å². The van der Waals surface area contributed by atoms with Gasteiger partial charge in [0.05, 0.1) is 11.3 Å². The molecule has 1 N–H and O–H groups in total. The summed E-state index contributed by atoms with van der Waals surface area (Å²) in [4.78, 5) is 22.0. The number of alkyl halides is 3. The summed E-state index contributed by atoms with van der Waals surface area (Å²) in [5.41, 5.74) is 0.655. The number of fused-ring (bicyclic) bond motifs is 1. The molecule has 0 fully saturated rings. The Morgan fingerprint density at radius 2 is 1.96 bits per heavy atom. The number of nitrogens with one attached hydrogen (secondary N) is 1. The molecule has 0 aromatic carbocycles. The monoisotopic (exact) mass is 349 g/mol. The standard InChI is InChI=1S/C16H14F3N5O/c1-23(2)11-3-4-14-21-12(9-24(14)8-11)15(25)22-13-7-10(5-6-20-13)16(17,18)19/h3-9H,1-2H3,(H,20,22,25). The lowest BCUT2D eigenvalue weighted by Crippen LogP contribution is -2.14. The first-order chi connectivity index (χ1) is 11.7. The Kier molecular flexibility index (Phi) is 4.07. The number of hydrogen-bond donors (Lipinski definition) is 1. The van der Waals surface area contributed by atoms with Gasteiger partial charge in [0.15, 0.2) is 0 Å². The first-order valence-electron chi connectivity index (χ1n) is 7.25. The number of aromatic nitrogens is 3. The molecule has 3 rings (SSSR count). The van der Waals surface area contributed by atoms with E-state index in [-0.39, 0.29) is 11.5 Å². The highest BCUT2D eigenvalue weighted by atomic mass is 19.4. The molecule has 0 radical (unpaired) electrons. The number of nitrogens with zero attached hydrogens (tertiary/aromatic N) is 4. The predicted octanol–water partition coefficient (Wildman–Crippen LogP) is 3.07. The Morgan fingerprint density at radius 1 is 1.20 bits per heavy atom. The first kappa shape index (κ1) is 16.7. The topological polar surface area (TPSA) is 62.5 Å². The lowest BCUT2D eigenvalue weighted by molar-refractivity contribution is -0.137. The van der Waals surface area contributed by atoms with Gasteiger partial charge in [-0.1, -0.05) is 0 Å². The van der Waals surface area contributed by atoms with E-state index in [0.29, 0.717) is 5.65 Å². The van der Waals surface area contributed by atoms with Crippen LogP contribution in [0.2, 0.25) is 0 Å². The number of rotatable bonds is 3. The third-order valence-electron chi connectivity index (χ3n) is 3.51. The summed E-state index contributed by atoms with van der Waals surface area (Å²) in [5, 5.41) is 2.33. The van der Waals surface area contributed by atoms with Crippen LogP contribution in [0, 0.1) is 0 Å². The summed E-state index contributed by atoms with van der Waals surface area (Å²) < 4.78 is 39.8. The number of anilines is 2. The molecule has 3 aromatic heterocycles. The van der Waals surface area contributed by atoms with Crippen molar-refractivity contribution in [2.45, 2.75) is 6.18 Å². The smallest absolute Gasteiger partial charge is 0.376 e. The van der Waals surface area contributed by atoms with E-state index in [1.807, 2.05) is 25.1 Å². The van der Waals surface area contributed by atoms with Crippen molar-refractivity contribution in [1.82, 2.24) is 14.4 Å². The van der Waals surface area contributed by atoms with Crippen molar-refractivity contribution in [3.8, 4) is 0 Å². The van der Waals surface area contributed by atoms with Gasteiger partial charge in [0, 0.05) is 32.7 Å². The molecule has 0 aliphatic carbocycles. The molecule has 0 aliphatic rings. The van der Waals surface area contributed by atoms with Crippen molar-refractivity contribution < 1.29 is 18.0 Å². The molecule has 3 aromatic rings. The minimum Gasteiger partial charge on any atom is -0.376 e. The maximum Gasteiger partial charge on any atom is 0.416 e. The molecule has 25 heavy (non-hydrogen) atoms. The van der Waals surface area contributed by atoms with Crippen molar-refractivity contribution in [3.05, 3.63) is 54.1 Å². The maximum atomic E-state index is 12.7. The quantitative estimate of drug-likeness (QED) is 0.789. The molecule has 0 spiro atoms. The van der Waals surface area contributed by atoms with Crippen LogP contribution < -0.4 is 10.2 Å². The zero-order valence-electron chi connectivity index (χ0n) is 13.4. The van der Waals surface area contributed by atoms with E-state index < -0.39 is 17.6 Å². The van der Waals surface area contributed by atoms with E-state index in [1.54, 1.807) is 16.7 Å². The van der Waals surface area contributed by atoms with Gasteiger partial charge in [0.1, 0.15) is 17.2 Å². The van der Waals surface area contributed by atoms with Gasteiger partial charge < -0.3 is 14.6 Å². The van der Waals surface area contributed by atoms with Crippen LogP contribution in [-0.4, -0.2) is 34.4 Å². The fourth-order valence-corrected chi connectivity index (χ4v) is 2.21. The second kappa shape index (κ2) is 6.08. The van der Waals surface area contributed by atoms with Crippen molar-refractivity contribution in [2.75, 3.05) is 24.3 Å². The number of pyridine rings is 2. The molecular weight excluding hydrogens is 335 g/mol.